The van der Waals surface area contributed by atoms with Gasteiger partial charge in [0, 0.05) is 31.4 Å². The monoisotopic (exact) mass is 256 g/mol. The molecule has 1 aromatic heterocycles. The van der Waals surface area contributed by atoms with Crippen molar-refractivity contribution < 1.29 is 5.11 Å². The van der Waals surface area contributed by atoms with E-state index in [0.29, 0.717) is 6.54 Å². The molecule has 0 fully saturated rings. The third-order valence-corrected chi connectivity index (χ3v) is 3.14. The third kappa shape index (κ3) is 4.47. The highest BCUT2D eigenvalue weighted by atomic mass is 16.3. The number of aromatic nitrogens is 1. The Labute approximate surface area is 114 Å². The van der Waals surface area contributed by atoms with Gasteiger partial charge in [-0.3, -0.25) is 4.98 Å². The largest absolute Gasteiger partial charge is 0.387 e. The summed E-state index contributed by atoms with van der Waals surface area (Å²) in [5, 5.41) is 10.1. The number of rotatable bonds is 6. The van der Waals surface area contributed by atoms with Crippen LogP contribution < -0.4 is 0 Å². The second-order valence-corrected chi connectivity index (χ2v) is 4.76. The minimum Gasteiger partial charge on any atom is -0.387 e. The number of benzene rings is 1. The lowest BCUT2D eigenvalue weighted by Crippen LogP contribution is -2.26. The summed E-state index contributed by atoms with van der Waals surface area (Å²) in [5.41, 5.74) is 2.05. The van der Waals surface area contributed by atoms with E-state index in [4.69, 9.17) is 0 Å². The summed E-state index contributed by atoms with van der Waals surface area (Å²) >= 11 is 0. The van der Waals surface area contributed by atoms with Crippen LogP contribution in [0.15, 0.2) is 54.7 Å². The summed E-state index contributed by atoms with van der Waals surface area (Å²) in [5.74, 6) is 0. The molecule has 2 rings (SSSR count). The molecule has 3 heteroatoms. The van der Waals surface area contributed by atoms with Crippen molar-refractivity contribution in [2.24, 2.45) is 0 Å². The first kappa shape index (κ1) is 13.7. The molecule has 19 heavy (non-hydrogen) atoms. The molecule has 1 atom stereocenters. The molecule has 2 aromatic rings. The Bertz CT molecular complexity index is 473. The standard InChI is InChI=1S/C16H20N2O/c1-18(12-10-15-9-5-6-11-17-15)13-16(19)14-7-3-2-4-8-14/h2-9,11,16,19H,10,12-13H2,1H3. The summed E-state index contributed by atoms with van der Waals surface area (Å²) in [6, 6.07) is 15.7. The number of likely N-dealkylation sites (N-methyl/N-ethyl adjacent to an activating group) is 1. The lowest BCUT2D eigenvalue weighted by atomic mass is 10.1. The number of aliphatic hydroxyl groups is 1. The Hall–Kier alpha value is -1.71. The van der Waals surface area contributed by atoms with E-state index in [1.807, 2.05) is 61.8 Å². The maximum absolute atomic E-state index is 10.1. The van der Waals surface area contributed by atoms with Crippen LogP contribution in [-0.4, -0.2) is 35.1 Å². The summed E-state index contributed by atoms with van der Waals surface area (Å²) in [6.07, 6.45) is 2.28. The van der Waals surface area contributed by atoms with E-state index in [9.17, 15) is 5.11 Å². The molecule has 1 unspecified atom stereocenters. The van der Waals surface area contributed by atoms with E-state index in [2.05, 4.69) is 9.88 Å². The highest BCUT2D eigenvalue weighted by Crippen LogP contribution is 2.13. The van der Waals surface area contributed by atoms with Gasteiger partial charge in [0.15, 0.2) is 0 Å². The zero-order valence-electron chi connectivity index (χ0n) is 11.2. The number of nitrogens with zero attached hydrogens (tertiary/aromatic N) is 2. The van der Waals surface area contributed by atoms with Crippen molar-refractivity contribution in [3.63, 3.8) is 0 Å². The Kier molecular flexibility index (Phi) is 5.07. The van der Waals surface area contributed by atoms with E-state index in [1.165, 1.54) is 0 Å². The van der Waals surface area contributed by atoms with Crippen LogP contribution in [0.3, 0.4) is 0 Å². The molecule has 100 valence electrons. The van der Waals surface area contributed by atoms with Crippen molar-refractivity contribution in [1.29, 1.82) is 0 Å². The molecule has 0 amide bonds. The summed E-state index contributed by atoms with van der Waals surface area (Å²) in [7, 11) is 2.02. The molecule has 0 radical (unpaired) electrons. The number of hydrogen-bond donors (Lipinski definition) is 1. The van der Waals surface area contributed by atoms with Crippen LogP contribution in [0.4, 0.5) is 0 Å². The molecule has 0 spiro atoms. The predicted molar refractivity (Wildman–Crippen MR) is 76.8 cm³/mol. The van der Waals surface area contributed by atoms with Crippen LogP contribution >= 0.6 is 0 Å². The zero-order valence-corrected chi connectivity index (χ0v) is 11.2. The van der Waals surface area contributed by atoms with Gasteiger partial charge in [-0.05, 0) is 24.7 Å². The van der Waals surface area contributed by atoms with Crippen molar-refractivity contribution in [3.8, 4) is 0 Å². The summed E-state index contributed by atoms with van der Waals surface area (Å²) < 4.78 is 0. The van der Waals surface area contributed by atoms with E-state index in [-0.39, 0.29) is 0 Å². The molecule has 0 aliphatic heterocycles. The van der Waals surface area contributed by atoms with Gasteiger partial charge in [-0.2, -0.15) is 0 Å². The average molecular weight is 256 g/mol. The van der Waals surface area contributed by atoms with Crippen molar-refractivity contribution in [2.45, 2.75) is 12.5 Å². The van der Waals surface area contributed by atoms with E-state index in [0.717, 1.165) is 24.2 Å². The molecule has 0 aliphatic carbocycles. The van der Waals surface area contributed by atoms with Gasteiger partial charge in [-0.25, -0.2) is 0 Å². The first-order chi connectivity index (χ1) is 9.25. The number of pyridine rings is 1. The maximum atomic E-state index is 10.1. The Morgan fingerprint density at radius 2 is 1.84 bits per heavy atom. The fourth-order valence-electron chi connectivity index (χ4n) is 2.02. The van der Waals surface area contributed by atoms with Gasteiger partial charge in [0.2, 0.25) is 0 Å². The van der Waals surface area contributed by atoms with Crippen LogP contribution in [0.1, 0.15) is 17.4 Å². The molecular weight excluding hydrogens is 236 g/mol. The van der Waals surface area contributed by atoms with Crippen molar-refractivity contribution in [1.82, 2.24) is 9.88 Å². The van der Waals surface area contributed by atoms with Crippen molar-refractivity contribution in [3.05, 3.63) is 66.0 Å². The fraction of sp³-hybridized carbons (Fsp3) is 0.312. The van der Waals surface area contributed by atoms with Crippen molar-refractivity contribution >= 4 is 0 Å². The third-order valence-electron chi connectivity index (χ3n) is 3.14. The van der Waals surface area contributed by atoms with Gasteiger partial charge in [-0.15, -0.1) is 0 Å². The Morgan fingerprint density at radius 1 is 1.11 bits per heavy atom. The minimum absolute atomic E-state index is 0.435. The average Bonchev–Trinajstić information content (AvgIpc) is 2.47. The molecule has 1 heterocycles. The molecule has 0 bridgehead atoms. The summed E-state index contributed by atoms with van der Waals surface area (Å²) in [6.45, 7) is 1.53. The van der Waals surface area contributed by atoms with Crippen LogP contribution in [0, 0.1) is 0 Å². The first-order valence-electron chi connectivity index (χ1n) is 6.57. The smallest absolute Gasteiger partial charge is 0.0916 e. The van der Waals surface area contributed by atoms with E-state index in [1.54, 1.807) is 0 Å². The molecule has 1 N–H and O–H groups in total. The molecule has 1 aromatic carbocycles. The Morgan fingerprint density at radius 3 is 2.53 bits per heavy atom. The van der Waals surface area contributed by atoms with Crippen molar-refractivity contribution in [2.75, 3.05) is 20.1 Å². The van der Waals surface area contributed by atoms with Crippen LogP contribution in [0.5, 0.6) is 0 Å². The first-order valence-corrected chi connectivity index (χ1v) is 6.57. The zero-order chi connectivity index (χ0) is 13.5. The Balaban J connectivity index is 1.80. The van der Waals surface area contributed by atoms with Gasteiger partial charge in [0.05, 0.1) is 6.10 Å². The van der Waals surface area contributed by atoms with Gasteiger partial charge in [-0.1, -0.05) is 36.4 Å². The SMILES string of the molecule is CN(CCc1ccccn1)CC(O)c1ccccc1. The lowest BCUT2D eigenvalue weighted by molar-refractivity contribution is 0.127. The highest BCUT2D eigenvalue weighted by molar-refractivity contribution is 5.17. The second kappa shape index (κ2) is 7.02. The second-order valence-electron chi connectivity index (χ2n) is 4.76. The lowest BCUT2D eigenvalue weighted by Gasteiger charge is -2.20. The molecule has 0 aliphatic rings. The summed E-state index contributed by atoms with van der Waals surface area (Å²) in [4.78, 5) is 6.43. The number of hydrogen-bond acceptors (Lipinski definition) is 3. The van der Waals surface area contributed by atoms with Crippen LogP contribution in [-0.2, 0) is 6.42 Å². The van der Waals surface area contributed by atoms with Gasteiger partial charge in [0.25, 0.3) is 0 Å². The van der Waals surface area contributed by atoms with E-state index < -0.39 is 6.10 Å². The topological polar surface area (TPSA) is 36.4 Å². The van der Waals surface area contributed by atoms with E-state index >= 15 is 0 Å². The normalized spacial score (nSPS) is 12.6. The predicted octanol–water partition coefficient (Wildman–Crippen LogP) is 2.29. The van der Waals surface area contributed by atoms with Crippen LogP contribution in [0.2, 0.25) is 0 Å². The van der Waals surface area contributed by atoms with Crippen LogP contribution in [0.25, 0.3) is 0 Å². The molecule has 0 saturated heterocycles. The number of aliphatic hydroxyl groups excluding tert-OH is 1. The fourth-order valence-corrected chi connectivity index (χ4v) is 2.02. The molecule has 0 saturated carbocycles. The molecular formula is C16H20N2O. The van der Waals surface area contributed by atoms with Gasteiger partial charge in [0.1, 0.15) is 0 Å². The maximum Gasteiger partial charge on any atom is 0.0916 e. The quantitative estimate of drug-likeness (QED) is 0.861. The molecule has 3 nitrogen and oxygen atoms in total. The highest BCUT2D eigenvalue weighted by Gasteiger charge is 2.10. The minimum atomic E-state index is -0.435. The van der Waals surface area contributed by atoms with Gasteiger partial charge < -0.3 is 10.0 Å². The van der Waals surface area contributed by atoms with Gasteiger partial charge >= 0.3 is 0 Å².